The van der Waals surface area contributed by atoms with Gasteiger partial charge in [0.05, 0.1) is 0 Å². The van der Waals surface area contributed by atoms with E-state index >= 15 is 0 Å². The van der Waals surface area contributed by atoms with Crippen molar-refractivity contribution in [3.8, 4) is 0 Å². The smallest absolute Gasteiger partial charge is 0.353 e. The molecule has 0 spiro atoms. The molecule has 4 atom stereocenters. The lowest BCUT2D eigenvalue weighted by Gasteiger charge is -2.49. The first kappa shape index (κ1) is 23.0. The highest BCUT2D eigenvalue weighted by Crippen LogP contribution is 2.58. The molecule has 1 aliphatic carbocycles. The molecule has 2 rings (SSSR count). The molecule has 1 saturated heterocycles. The van der Waals surface area contributed by atoms with Crippen LogP contribution in [0, 0.1) is 22.7 Å². The highest BCUT2D eigenvalue weighted by molar-refractivity contribution is 5.05. The van der Waals surface area contributed by atoms with E-state index < -0.39 is 24.0 Å². The lowest BCUT2D eigenvalue weighted by atomic mass is 9.61. The summed E-state index contributed by atoms with van der Waals surface area (Å²) in [6, 6.07) is 0. The van der Waals surface area contributed by atoms with Crippen molar-refractivity contribution < 1.29 is 22.6 Å². The molecule has 0 N–H and O–H groups in total. The molecule has 1 heterocycles. The van der Waals surface area contributed by atoms with Crippen molar-refractivity contribution in [3.63, 3.8) is 0 Å². The summed E-state index contributed by atoms with van der Waals surface area (Å²) in [5.74, 6) is -0.563. The predicted octanol–water partition coefficient (Wildman–Crippen LogP) is 7.12. The minimum Gasteiger partial charge on any atom is -0.353 e. The van der Waals surface area contributed by atoms with E-state index in [9.17, 15) is 13.2 Å². The third-order valence-electron chi connectivity index (χ3n) is 6.85. The minimum atomic E-state index is -4.38. The largest absolute Gasteiger partial charge is 0.417 e. The second-order valence-electron chi connectivity index (χ2n) is 10.5. The molecule has 0 aromatic heterocycles. The van der Waals surface area contributed by atoms with Gasteiger partial charge in [-0.05, 0) is 61.7 Å². The van der Waals surface area contributed by atoms with Crippen LogP contribution in [0.25, 0.3) is 0 Å². The fourth-order valence-corrected chi connectivity index (χ4v) is 5.02. The Hall–Kier alpha value is -0.290. The second kappa shape index (κ2) is 8.22. The van der Waals surface area contributed by atoms with Crippen LogP contribution in [-0.2, 0) is 9.47 Å². The average molecular weight is 393 g/mol. The van der Waals surface area contributed by atoms with Gasteiger partial charge in [-0.25, -0.2) is 0 Å². The Balaban J connectivity index is 2.41. The van der Waals surface area contributed by atoms with Crippen LogP contribution in [0.3, 0.4) is 0 Å². The molecule has 1 saturated carbocycles. The van der Waals surface area contributed by atoms with Gasteiger partial charge < -0.3 is 9.47 Å². The standard InChI is InChI=1S/C22H39F3O2/c1-7-20(5,6)17(15-19(2,3)4)16-11-10-13-21(16,22(23,24)25)27-18-12-8-9-14-26-18/h16-18H,7-15H2,1-6H3. The van der Waals surface area contributed by atoms with E-state index in [1.807, 2.05) is 0 Å². The Morgan fingerprint density at radius 3 is 2.19 bits per heavy atom. The van der Waals surface area contributed by atoms with E-state index in [2.05, 4.69) is 41.5 Å². The topological polar surface area (TPSA) is 18.5 Å². The second-order valence-corrected chi connectivity index (χ2v) is 10.5. The molecule has 2 fully saturated rings. The molecule has 0 aromatic rings. The number of hydrogen-bond donors (Lipinski definition) is 0. The van der Waals surface area contributed by atoms with Gasteiger partial charge in [0.15, 0.2) is 11.9 Å². The number of ether oxygens (including phenoxy) is 2. The van der Waals surface area contributed by atoms with Gasteiger partial charge in [0.1, 0.15) is 0 Å². The van der Waals surface area contributed by atoms with Crippen LogP contribution >= 0.6 is 0 Å². The average Bonchev–Trinajstić information content (AvgIpc) is 2.97. The normalized spacial score (nSPS) is 31.9. The molecular formula is C22H39F3O2. The van der Waals surface area contributed by atoms with Gasteiger partial charge in [0.25, 0.3) is 0 Å². The van der Waals surface area contributed by atoms with Crippen LogP contribution in [-0.4, -0.2) is 24.7 Å². The van der Waals surface area contributed by atoms with Crippen LogP contribution in [0.2, 0.25) is 0 Å². The summed E-state index contributed by atoms with van der Waals surface area (Å²) in [7, 11) is 0. The Kier molecular flexibility index (Phi) is 7.00. The zero-order chi connectivity index (χ0) is 20.5. The van der Waals surface area contributed by atoms with Gasteiger partial charge in [-0.2, -0.15) is 13.2 Å². The van der Waals surface area contributed by atoms with Crippen molar-refractivity contribution in [2.24, 2.45) is 22.7 Å². The molecule has 2 aliphatic rings. The zero-order valence-corrected chi connectivity index (χ0v) is 18.0. The summed E-state index contributed by atoms with van der Waals surface area (Å²) in [5.41, 5.74) is -2.27. The minimum absolute atomic E-state index is 0.0294. The van der Waals surface area contributed by atoms with E-state index in [-0.39, 0.29) is 23.2 Å². The highest BCUT2D eigenvalue weighted by atomic mass is 19.4. The van der Waals surface area contributed by atoms with Crippen molar-refractivity contribution >= 4 is 0 Å². The Labute approximate surface area is 163 Å². The SMILES string of the molecule is CCC(C)(C)C(CC(C)(C)C)C1CCCC1(OC1CCCCO1)C(F)(F)F. The van der Waals surface area contributed by atoms with Gasteiger partial charge in [0, 0.05) is 12.5 Å². The maximum absolute atomic E-state index is 14.5. The Morgan fingerprint density at radius 2 is 1.70 bits per heavy atom. The third kappa shape index (κ3) is 5.20. The number of rotatable bonds is 6. The number of alkyl halides is 3. The summed E-state index contributed by atoms with van der Waals surface area (Å²) in [6.07, 6.45) is 0.0625. The summed E-state index contributed by atoms with van der Waals surface area (Å²) in [4.78, 5) is 0. The maximum Gasteiger partial charge on any atom is 0.417 e. The van der Waals surface area contributed by atoms with Crippen molar-refractivity contribution in [2.75, 3.05) is 6.61 Å². The molecule has 0 aromatic carbocycles. The van der Waals surface area contributed by atoms with Crippen LogP contribution in [0.1, 0.15) is 92.9 Å². The molecule has 5 heteroatoms. The van der Waals surface area contributed by atoms with Gasteiger partial charge in [-0.1, -0.05) is 48.0 Å². The fraction of sp³-hybridized carbons (Fsp3) is 1.00. The van der Waals surface area contributed by atoms with Crippen LogP contribution in [0.4, 0.5) is 13.2 Å². The molecule has 0 radical (unpaired) electrons. The molecular weight excluding hydrogens is 353 g/mol. The van der Waals surface area contributed by atoms with E-state index in [0.29, 0.717) is 25.9 Å². The number of halogens is 3. The van der Waals surface area contributed by atoms with Crippen molar-refractivity contribution in [3.05, 3.63) is 0 Å². The van der Waals surface area contributed by atoms with E-state index in [1.165, 1.54) is 0 Å². The monoisotopic (exact) mass is 392 g/mol. The molecule has 1 aliphatic heterocycles. The van der Waals surface area contributed by atoms with E-state index in [4.69, 9.17) is 9.47 Å². The van der Waals surface area contributed by atoms with Gasteiger partial charge in [-0.3, -0.25) is 0 Å². The first-order chi connectivity index (χ1) is 12.3. The molecule has 160 valence electrons. The van der Waals surface area contributed by atoms with Crippen LogP contribution in [0.15, 0.2) is 0 Å². The van der Waals surface area contributed by atoms with E-state index in [0.717, 1.165) is 25.7 Å². The molecule has 4 unspecified atom stereocenters. The molecule has 0 amide bonds. The third-order valence-corrected chi connectivity index (χ3v) is 6.85. The summed E-state index contributed by atoms with van der Waals surface area (Å²) >= 11 is 0. The van der Waals surface area contributed by atoms with Crippen molar-refractivity contribution in [1.82, 2.24) is 0 Å². The lowest BCUT2D eigenvalue weighted by molar-refractivity contribution is -0.346. The fourth-order valence-electron chi connectivity index (χ4n) is 5.02. The van der Waals surface area contributed by atoms with Gasteiger partial charge in [0.2, 0.25) is 0 Å². The predicted molar refractivity (Wildman–Crippen MR) is 102 cm³/mol. The summed E-state index contributed by atoms with van der Waals surface area (Å²) in [5, 5.41) is 0. The first-order valence-corrected chi connectivity index (χ1v) is 10.7. The van der Waals surface area contributed by atoms with Gasteiger partial charge >= 0.3 is 6.18 Å². The molecule has 0 bridgehead atoms. The Morgan fingerprint density at radius 1 is 1.04 bits per heavy atom. The highest BCUT2D eigenvalue weighted by Gasteiger charge is 2.66. The zero-order valence-electron chi connectivity index (χ0n) is 18.0. The maximum atomic E-state index is 14.5. The summed E-state index contributed by atoms with van der Waals surface area (Å²) < 4.78 is 55.1. The van der Waals surface area contributed by atoms with Crippen LogP contribution < -0.4 is 0 Å². The summed E-state index contributed by atoms with van der Waals surface area (Å²) in [6.45, 7) is 13.2. The molecule has 27 heavy (non-hydrogen) atoms. The Bertz CT molecular complexity index is 475. The van der Waals surface area contributed by atoms with E-state index in [1.54, 1.807) is 0 Å². The lowest BCUT2D eigenvalue weighted by Crippen LogP contribution is -2.56. The van der Waals surface area contributed by atoms with Crippen molar-refractivity contribution in [1.29, 1.82) is 0 Å². The number of hydrogen-bond acceptors (Lipinski definition) is 2. The first-order valence-electron chi connectivity index (χ1n) is 10.7. The van der Waals surface area contributed by atoms with Crippen LogP contribution in [0.5, 0.6) is 0 Å². The quantitative estimate of drug-likeness (QED) is 0.479. The van der Waals surface area contributed by atoms with Crippen molar-refractivity contribution in [2.45, 2.75) is 111 Å². The van der Waals surface area contributed by atoms with Gasteiger partial charge in [-0.15, -0.1) is 0 Å². The molecule has 2 nitrogen and oxygen atoms in total.